The van der Waals surface area contributed by atoms with Gasteiger partial charge in [-0.2, -0.15) is 5.10 Å². The Hall–Kier alpha value is -4.51. The Labute approximate surface area is 270 Å². The van der Waals surface area contributed by atoms with Gasteiger partial charge in [0, 0.05) is 74.3 Å². The van der Waals surface area contributed by atoms with E-state index in [-0.39, 0.29) is 18.1 Å². The molecular weight excluding hydrogens is 582 g/mol. The molecule has 11 heteroatoms. The molecular formula is C35H43N7O4. The molecule has 46 heavy (non-hydrogen) atoms. The zero-order valence-corrected chi connectivity index (χ0v) is 27.3. The van der Waals surface area contributed by atoms with Crippen molar-refractivity contribution in [1.29, 1.82) is 0 Å². The number of anilines is 1. The summed E-state index contributed by atoms with van der Waals surface area (Å²) >= 11 is 0. The van der Waals surface area contributed by atoms with E-state index in [0.29, 0.717) is 17.3 Å². The topological polar surface area (TPSA) is 106 Å². The average Bonchev–Trinajstić information content (AvgIpc) is 3.43. The van der Waals surface area contributed by atoms with E-state index >= 15 is 0 Å². The van der Waals surface area contributed by atoms with Crippen LogP contribution in [0.3, 0.4) is 0 Å². The summed E-state index contributed by atoms with van der Waals surface area (Å²) in [5.74, 6) is 1.18. The van der Waals surface area contributed by atoms with Crippen LogP contribution in [0.4, 0.5) is 10.6 Å². The summed E-state index contributed by atoms with van der Waals surface area (Å²) in [6.07, 6.45) is 6.65. The highest BCUT2D eigenvalue weighted by Crippen LogP contribution is 2.37. The molecule has 242 valence electrons. The number of piperazine rings is 1. The van der Waals surface area contributed by atoms with Crippen LogP contribution >= 0.6 is 0 Å². The van der Waals surface area contributed by atoms with Crippen LogP contribution in [0.25, 0.3) is 22.2 Å². The standard InChI is InChI=1S/C35H43N7O4/c1-35(2,3)46-34(44)40(5)30-22-29-28(23-37-30)32(24-9-11-25(12-10-24)33(43)41-20-18-39(4)19-21-41)38-42(29)26-13-15-27(16-14-26)45-31-8-6-7-17-36-31/h6-12,17,22-23,26-27H,13-16,18-21H2,1-5H3. The molecule has 0 bridgehead atoms. The molecule has 0 radical (unpaired) electrons. The Morgan fingerprint density at radius 3 is 2.30 bits per heavy atom. The van der Waals surface area contributed by atoms with Gasteiger partial charge in [-0.05, 0) is 71.7 Å². The summed E-state index contributed by atoms with van der Waals surface area (Å²) in [5.41, 5.74) is 2.63. The van der Waals surface area contributed by atoms with Crippen LogP contribution in [0, 0.1) is 0 Å². The molecule has 4 heterocycles. The molecule has 2 fully saturated rings. The maximum atomic E-state index is 13.2. The van der Waals surface area contributed by atoms with E-state index in [1.807, 2.05) is 74.2 Å². The maximum Gasteiger partial charge on any atom is 0.415 e. The SMILES string of the molecule is CN1CCN(C(=O)c2ccc(-c3nn(C4CCC(Oc5ccccn5)CC4)c4cc(N(C)C(=O)OC(C)(C)C)ncc34)cc2)CC1. The van der Waals surface area contributed by atoms with Gasteiger partial charge in [-0.25, -0.2) is 14.8 Å². The van der Waals surface area contributed by atoms with Crippen molar-refractivity contribution >= 4 is 28.7 Å². The number of hydrogen-bond acceptors (Lipinski definition) is 8. The molecule has 1 aliphatic heterocycles. The summed E-state index contributed by atoms with van der Waals surface area (Å²) in [6, 6.07) is 15.5. The fraction of sp³-hybridized carbons (Fsp3) is 0.457. The van der Waals surface area contributed by atoms with Crippen molar-refractivity contribution in [3.8, 4) is 17.1 Å². The number of benzene rings is 1. The number of fused-ring (bicyclic) bond motifs is 1. The summed E-state index contributed by atoms with van der Waals surface area (Å²) in [6.45, 7) is 8.74. The molecule has 1 saturated heterocycles. The zero-order valence-electron chi connectivity index (χ0n) is 27.3. The predicted molar refractivity (Wildman–Crippen MR) is 177 cm³/mol. The van der Waals surface area contributed by atoms with Crippen LogP contribution in [-0.2, 0) is 4.74 Å². The number of amides is 2. The van der Waals surface area contributed by atoms with Crippen molar-refractivity contribution in [2.45, 2.75) is 64.2 Å². The van der Waals surface area contributed by atoms with E-state index in [1.165, 1.54) is 4.90 Å². The fourth-order valence-corrected chi connectivity index (χ4v) is 6.08. The summed E-state index contributed by atoms with van der Waals surface area (Å²) in [7, 11) is 3.75. The second-order valence-corrected chi connectivity index (χ2v) is 13.3. The van der Waals surface area contributed by atoms with Crippen LogP contribution < -0.4 is 9.64 Å². The molecule has 0 spiro atoms. The number of carbonyl (C=O) groups excluding carboxylic acids is 2. The minimum absolute atomic E-state index is 0.0520. The van der Waals surface area contributed by atoms with E-state index in [4.69, 9.17) is 14.6 Å². The second kappa shape index (κ2) is 13.1. The van der Waals surface area contributed by atoms with Crippen molar-refractivity contribution in [2.75, 3.05) is 45.2 Å². The van der Waals surface area contributed by atoms with Gasteiger partial charge in [-0.15, -0.1) is 0 Å². The lowest BCUT2D eigenvalue weighted by molar-refractivity contribution is 0.0587. The first-order chi connectivity index (χ1) is 22.1. The Bertz CT molecular complexity index is 1670. The number of nitrogens with zero attached hydrogens (tertiary/aromatic N) is 7. The molecule has 1 aliphatic carbocycles. The van der Waals surface area contributed by atoms with Crippen molar-refractivity contribution in [2.24, 2.45) is 0 Å². The third kappa shape index (κ3) is 6.99. The fourth-order valence-electron chi connectivity index (χ4n) is 6.08. The van der Waals surface area contributed by atoms with Crippen molar-refractivity contribution in [1.82, 2.24) is 29.5 Å². The molecule has 4 aromatic rings. The highest BCUT2D eigenvalue weighted by atomic mass is 16.6. The zero-order chi connectivity index (χ0) is 32.4. The molecule has 2 aliphatic rings. The van der Waals surface area contributed by atoms with Gasteiger partial charge in [0.2, 0.25) is 5.88 Å². The maximum absolute atomic E-state index is 13.2. The predicted octanol–water partition coefficient (Wildman–Crippen LogP) is 5.81. The second-order valence-electron chi connectivity index (χ2n) is 13.3. The minimum Gasteiger partial charge on any atom is -0.474 e. The lowest BCUT2D eigenvalue weighted by atomic mass is 9.93. The number of pyridine rings is 2. The first-order valence-corrected chi connectivity index (χ1v) is 16.1. The highest BCUT2D eigenvalue weighted by molar-refractivity contribution is 5.98. The van der Waals surface area contributed by atoms with Gasteiger partial charge in [0.1, 0.15) is 23.2 Å². The number of hydrogen-bond donors (Lipinski definition) is 0. The third-order valence-electron chi connectivity index (χ3n) is 8.70. The van der Waals surface area contributed by atoms with Gasteiger partial charge < -0.3 is 19.3 Å². The number of aromatic nitrogens is 4. The average molecular weight is 626 g/mol. The highest BCUT2D eigenvalue weighted by Gasteiger charge is 2.29. The summed E-state index contributed by atoms with van der Waals surface area (Å²) < 4.78 is 13.8. The van der Waals surface area contributed by atoms with Gasteiger partial charge in [0.05, 0.1) is 11.6 Å². The van der Waals surface area contributed by atoms with E-state index in [1.54, 1.807) is 19.4 Å². The Balaban J connectivity index is 1.29. The lowest BCUT2D eigenvalue weighted by Crippen LogP contribution is -2.47. The lowest BCUT2D eigenvalue weighted by Gasteiger charge is -2.32. The van der Waals surface area contributed by atoms with Crippen LogP contribution in [0.2, 0.25) is 0 Å². The van der Waals surface area contributed by atoms with Crippen LogP contribution in [0.5, 0.6) is 5.88 Å². The van der Waals surface area contributed by atoms with Gasteiger partial charge in [-0.1, -0.05) is 18.2 Å². The monoisotopic (exact) mass is 625 g/mol. The first kappa shape index (κ1) is 31.5. The van der Waals surface area contributed by atoms with Crippen molar-refractivity contribution < 1.29 is 19.1 Å². The Morgan fingerprint density at radius 2 is 1.65 bits per heavy atom. The van der Waals surface area contributed by atoms with Gasteiger partial charge in [0.15, 0.2) is 0 Å². The smallest absolute Gasteiger partial charge is 0.415 e. The number of carbonyl (C=O) groups is 2. The molecule has 0 atom stereocenters. The van der Waals surface area contributed by atoms with Crippen LogP contribution in [0.15, 0.2) is 60.9 Å². The summed E-state index contributed by atoms with van der Waals surface area (Å²) in [4.78, 5) is 40.6. The summed E-state index contributed by atoms with van der Waals surface area (Å²) in [5, 5.41) is 6.04. The molecule has 0 unspecified atom stereocenters. The molecule has 3 aromatic heterocycles. The number of ether oxygens (including phenoxy) is 2. The van der Waals surface area contributed by atoms with Gasteiger partial charge in [-0.3, -0.25) is 14.4 Å². The molecule has 2 amide bonds. The molecule has 6 rings (SSSR count). The van der Waals surface area contributed by atoms with Gasteiger partial charge in [0.25, 0.3) is 5.91 Å². The van der Waals surface area contributed by atoms with Crippen molar-refractivity contribution in [3.63, 3.8) is 0 Å². The van der Waals surface area contributed by atoms with Crippen molar-refractivity contribution in [3.05, 3.63) is 66.5 Å². The van der Waals surface area contributed by atoms with E-state index in [0.717, 1.165) is 74.0 Å². The Morgan fingerprint density at radius 1 is 0.935 bits per heavy atom. The van der Waals surface area contributed by atoms with E-state index in [2.05, 4.69) is 26.6 Å². The van der Waals surface area contributed by atoms with Gasteiger partial charge >= 0.3 is 6.09 Å². The third-order valence-corrected chi connectivity index (χ3v) is 8.70. The van der Waals surface area contributed by atoms with Crippen LogP contribution in [-0.4, -0.2) is 93.5 Å². The number of rotatable bonds is 6. The first-order valence-electron chi connectivity index (χ1n) is 16.1. The molecule has 11 nitrogen and oxygen atoms in total. The van der Waals surface area contributed by atoms with E-state index in [9.17, 15) is 9.59 Å². The Kier molecular flexibility index (Phi) is 8.95. The molecule has 1 saturated carbocycles. The number of likely N-dealkylation sites (N-methyl/N-ethyl adjacent to an activating group) is 1. The van der Waals surface area contributed by atoms with E-state index < -0.39 is 11.7 Å². The molecule has 0 N–H and O–H groups in total. The quantitative estimate of drug-likeness (QED) is 0.264. The molecule has 1 aromatic carbocycles. The largest absolute Gasteiger partial charge is 0.474 e. The minimum atomic E-state index is -0.627. The van der Waals surface area contributed by atoms with Crippen LogP contribution in [0.1, 0.15) is 62.9 Å². The normalized spacial score (nSPS) is 19.2.